The number of carbonyl (C=O) groups is 2. The highest BCUT2D eigenvalue weighted by molar-refractivity contribution is 5.94. The first-order valence-corrected chi connectivity index (χ1v) is 7.94. The van der Waals surface area contributed by atoms with E-state index in [1.807, 2.05) is 0 Å². The predicted octanol–water partition coefficient (Wildman–Crippen LogP) is 2.83. The van der Waals surface area contributed by atoms with Crippen LogP contribution in [0.4, 0.5) is 10.1 Å². The summed E-state index contributed by atoms with van der Waals surface area (Å²) in [6.07, 6.45) is 0. The van der Waals surface area contributed by atoms with Gasteiger partial charge in [-0.25, -0.2) is 4.39 Å². The SMILES string of the molecule is COc1ccc(CN(CC(=O)Nc2ccc(F)cc2)C(C)=O)cc1OC. The molecule has 0 aliphatic carbocycles. The van der Waals surface area contributed by atoms with E-state index in [2.05, 4.69) is 5.32 Å². The molecule has 0 heterocycles. The highest BCUT2D eigenvalue weighted by Gasteiger charge is 2.15. The molecule has 138 valence electrons. The van der Waals surface area contributed by atoms with Gasteiger partial charge in [0.25, 0.3) is 0 Å². The van der Waals surface area contributed by atoms with Crippen LogP contribution in [0.5, 0.6) is 11.5 Å². The summed E-state index contributed by atoms with van der Waals surface area (Å²) in [5, 5.41) is 2.64. The van der Waals surface area contributed by atoms with Crippen LogP contribution in [-0.2, 0) is 16.1 Å². The summed E-state index contributed by atoms with van der Waals surface area (Å²) in [4.78, 5) is 25.5. The molecule has 0 aromatic heterocycles. The molecule has 0 spiro atoms. The molecule has 0 aliphatic rings. The summed E-state index contributed by atoms with van der Waals surface area (Å²) < 4.78 is 23.4. The molecule has 1 N–H and O–H groups in total. The van der Waals surface area contributed by atoms with Gasteiger partial charge in [0, 0.05) is 19.2 Å². The Balaban J connectivity index is 2.05. The molecule has 2 aromatic carbocycles. The van der Waals surface area contributed by atoms with Gasteiger partial charge in [0.2, 0.25) is 11.8 Å². The van der Waals surface area contributed by atoms with Crippen LogP contribution < -0.4 is 14.8 Å². The number of methoxy groups -OCH3 is 2. The third-order valence-corrected chi connectivity index (χ3v) is 3.73. The smallest absolute Gasteiger partial charge is 0.244 e. The van der Waals surface area contributed by atoms with Crippen LogP contribution in [0.2, 0.25) is 0 Å². The fraction of sp³-hybridized carbons (Fsp3) is 0.263. The van der Waals surface area contributed by atoms with Crippen LogP contribution in [0.1, 0.15) is 12.5 Å². The van der Waals surface area contributed by atoms with Gasteiger partial charge in [-0.3, -0.25) is 9.59 Å². The van der Waals surface area contributed by atoms with Crippen molar-refractivity contribution in [2.75, 3.05) is 26.1 Å². The Labute approximate surface area is 151 Å². The number of nitrogens with zero attached hydrogens (tertiary/aromatic N) is 1. The topological polar surface area (TPSA) is 67.9 Å². The van der Waals surface area contributed by atoms with Crippen molar-refractivity contribution in [3.8, 4) is 11.5 Å². The lowest BCUT2D eigenvalue weighted by Crippen LogP contribution is -2.36. The van der Waals surface area contributed by atoms with E-state index in [1.54, 1.807) is 25.3 Å². The van der Waals surface area contributed by atoms with Crippen molar-refractivity contribution in [2.24, 2.45) is 0 Å². The molecule has 0 unspecified atom stereocenters. The molecule has 7 heteroatoms. The van der Waals surface area contributed by atoms with Gasteiger partial charge in [-0.2, -0.15) is 0 Å². The number of carbonyl (C=O) groups excluding carboxylic acids is 2. The average Bonchev–Trinajstić information content (AvgIpc) is 2.62. The number of rotatable bonds is 7. The molecule has 0 radical (unpaired) electrons. The maximum atomic E-state index is 12.9. The van der Waals surface area contributed by atoms with Gasteiger partial charge in [0.05, 0.1) is 14.2 Å². The number of nitrogens with one attached hydrogen (secondary N) is 1. The largest absolute Gasteiger partial charge is 0.493 e. The van der Waals surface area contributed by atoms with E-state index in [4.69, 9.17) is 9.47 Å². The number of hydrogen-bond acceptors (Lipinski definition) is 4. The summed E-state index contributed by atoms with van der Waals surface area (Å²) >= 11 is 0. The predicted molar refractivity (Wildman–Crippen MR) is 95.7 cm³/mol. The van der Waals surface area contributed by atoms with Gasteiger partial charge in [-0.1, -0.05) is 6.07 Å². The van der Waals surface area contributed by atoms with Gasteiger partial charge in [-0.15, -0.1) is 0 Å². The summed E-state index contributed by atoms with van der Waals surface area (Å²) in [6.45, 7) is 1.51. The van der Waals surface area contributed by atoms with Crippen LogP contribution in [-0.4, -0.2) is 37.5 Å². The molecule has 0 saturated heterocycles. The second-order valence-corrected chi connectivity index (χ2v) is 5.62. The number of hydrogen-bond donors (Lipinski definition) is 1. The van der Waals surface area contributed by atoms with Gasteiger partial charge in [0.15, 0.2) is 11.5 Å². The Morgan fingerprint density at radius 1 is 1.04 bits per heavy atom. The Bertz CT molecular complexity index is 778. The summed E-state index contributed by atoms with van der Waals surface area (Å²) in [6, 6.07) is 10.7. The third-order valence-electron chi connectivity index (χ3n) is 3.73. The molecule has 2 rings (SSSR count). The molecule has 0 saturated carbocycles. The molecule has 0 bridgehead atoms. The monoisotopic (exact) mass is 360 g/mol. The minimum absolute atomic E-state index is 0.124. The van der Waals surface area contributed by atoms with E-state index in [0.29, 0.717) is 17.2 Å². The van der Waals surface area contributed by atoms with E-state index >= 15 is 0 Å². The summed E-state index contributed by atoms with van der Waals surface area (Å²) in [5.74, 6) is 0.132. The van der Waals surface area contributed by atoms with E-state index < -0.39 is 0 Å². The Hall–Kier alpha value is -3.09. The van der Waals surface area contributed by atoms with Crippen molar-refractivity contribution < 1.29 is 23.5 Å². The third kappa shape index (κ3) is 5.20. The lowest BCUT2D eigenvalue weighted by molar-refractivity contribution is -0.133. The highest BCUT2D eigenvalue weighted by Crippen LogP contribution is 2.28. The molecule has 0 fully saturated rings. The zero-order valence-electron chi connectivity index (χ0n) is 14.9. The maximum Gasteiger partial charge on any atom is 0.244 e. The number of benzene rings is 2. The maximum absolute atomic E-state index is 12.9. The Morgan fingerprint density at radius 3 is 2.27 bits per heavy atom. The zero-order chi connectivity index (χ0) is 19.1. The van der Waals surface area contributed by atoms with Gasteiger partial charge in [0.1, 0.15) is 12.4 Å². The fourth-order valence-corrected chi connectivity index (χ4v) is 2.39. The summed E-state index contributed by atoms with van der Waals surface area (Å²) in [5.41, 5.74) is 1.26. The molecule has 6 nitrogen and oxygen atoms in total. The van der Waals surface area contributed by atoms with E-state index in [0.717, 1.165) is 5.56 Å². The zero-order valence-corrected chi connectivity index (χ0v) is 14.9. The lowest BCUT2D eigenvalue weighted by atomic mass is 10.2. The van der Waals surface area contributed by atoms with E-state index in [-0.39, 0.29) is 30.7 Å². The normalized spacial score (nSPS) is 10.2. The van der Waals surface area contributed by atoms with Crippen LogP contribution in [0.3, 0.4) is 0 Å². The minimum Gasteiger partial charge on any atom is -0.493 e. The van der Waals surface area contributed by atoms with Crippen molar-refractivity contribution >= 4 is 17.5 Å². The molecule has 26 heavy (non-hydrogen) atoms. The molecular formula is C19H21FN2O4. The molecule has 2 aromatic rings. The van der Waals surface area contributed by atoms with E-state index in [9.17, 15) is 14.0 Å². The first-order chi connectivity index (χ1) is 12.4. The number of halogens is 1. The second kappa shape index (κ2) is 8.84. The fourth-order valence-electron chi connectivity index (χ4n) is 2.39. The number of ether oxygens (including phenoxy) is 2. The van der Waals surface area contributed by atoms with Crippen molar-refractivity contribution in [3.05, 3.63) is 53.8 Å². The van der Waals surface area contributed by atoms with Crippen molar-refractivity contribution in [1.29, 1.82) is 0 Å². The average molecular weight is 360 g/mol. The number of amides is 2. The van der Waals surface area contributed by atoms with Gasteiger partial charge >= 0.3 is 0 Å². The highest BCUT2D eigenvalue weighted by atomic mass is 19.1. The van der Waals surface area contributed by atoms with Crippen LogP contribution in [0.25, 0.3) is 0 Å². The second-order valence-electron chi connectivity index (χ2n) is 5.62. The van der Waals surface area contributed by atoms with Crippen LogP contribution in [0.15, 0.2) is 42.5 Å². The van der Waals surface area contributed by atoms with Gasteiger partial charge < -0.3 is 19.7 Å². The number of anilines is 1. The van der Waals surface area contributed by atoms with E-state index in [1.165, 1.54) is 43.2 Å². The van der Waals surface area contributed by atoms with Crippen LogP contribution >= 0.6 is 0 Å². The van der Waals surface area contributed by atoms with Crippen molar-refractivity contribution in [1.82, 2.24) is 4.90 Å². The standard InChI is InChI=1S/C19H21FN2O4/c1-13(23)22(11-14-4-9-17(25-2)18(10-14)26-3)12-19(24)21-16-7-5-15(20)6-8-16/h4-10H,11-12H2,1-3H3,(H,21,24). The first-order valence-electron chi connectivity index (χ1n) is 7.94. The first kappa shape index (κ1) is 19.2. The van der Waals surface area contributed by atoms with Crippen LogP contribution in [0, 0.1) is 5.82 Å². The van der Waals surface area contributed by atoms with Crippen molar-refractivity contribution in [2.45, 2.75) is 13.5 Å². The summed E-state index contributed by atoms with van der Waals surface area (Å²) in [7, 11) is 3.07. The van der Waals surface area contributed by atoms with Crippen molar-refractivity contribution in [3.63, 3.8) is 0 Å². The van der Waals surface area contributed by atoms with Gasteiger partial charge in [-0.05, 0) is 42.0 Å². The lowest BCUT2D eigenvalue weighted by Gasteiger charge is -2.21. The Morgan fingerprint density at radius 2 is 1.69 bits per heavy atom. The minimum atomic E-state index is -0.387. The molecule has 0 aliphatic heterocycles. The molecular weight excluding hydrogens is 339 g/mol. The molecule has 2 amide bonds. The Kier molecular flexibility index (Phi) is 6.54. The molecule has 0 atom stereocenters. The quantitative estimate of drug-likeness (QED) is 0.824.